The van der Waals surface area contributed by atoms with Crippen molar-refractivity contribution in [3.63, 3.8) is 0 Å². The summed E-state index contributed by atoms with van der Waals surface area (Å²) in [7, 11) is -1.52. The molecule has 2 amide bonds. The zero-order valence-corrected chi connectivity index (χ0v) is 27.2. The maximum Gasteiger partial charge on any atom is 0.264 e. The average Bonchev–Trinajstić information content (AvgIpc) is 3.04. The molecule has 3 aromatic carbocycles. The van der Waals surface area contributed by atoms with Crippen LogP contribution in [0.4, 0.5) is 10.1 Å². The van der Waals surface area contributed by atoms with Crippen molar-refractivity contribution in [3.8, 4) is 17.2 Å². The minimum atomic E-state index is -4.35. The number of sulfonamides is 1. The monoisotopic (exact) mass is 643 g/mol. The minimum absolute atomic E-state index is 0.0354. The highest BCUT2D eigenvalue weighted by molar-refractivity contribution is 7.92. The number of rotatable bonds is 17. The lowest BCUT2D eigenvalue weighted by Gasteiger charge is -2.33. The van der Waals surface area contributed by atoms with Gasteiger partial charge >= 0.3 is 0 Å². The van der Waals surface area contributed by atoms with Crippen molar-refractivity contribution < 1.29 is 36.6 Å². The van der Waals surface area contributed by atoms with E-state index in [0.29, 0.717) is 30.2 Å². The molecule has 0 aliphatic heterocycles. The molecule has 3 aromatic rings. The van der Waals surface area contributed by atoms with Gasteiger partial charge in [0.05, 0.1) is 31.4 Å². The lowest BCUT2D eigenvalue weighted by molar-refractivity contribution is -0.140. The highest BCUT2D eigenvalue weighted by atomic mass is 32.2. The number of hydrogen-bond acceptors (Lipinski definition) is 7. The molecule has 0 heterocycles. The van der Waals surface area contributed by atoms with Gasteiger partial charge in [-0.3, -0.25) is 13.9 Å². The third-order valence-corrected chi connectivity index (χ3v) is 8.91. The second-order valence-electron chi connectivity index (χ2n) is 10.2. The molecule has 12 heteroatoms. The number of nitrogens with one attached hydrogen (secondary N) is 1. The highest BCUT2D eigenvalue weighted by Gasteiger charge is 2.34. The minimum Gasteiger partial charge on any atom is -0.494 e. The van der Waals surface area contributed by atoms with Gasteiger partial charge in [-0.25, -0.2) is 12.8 Å². The van der Waals surface area contributed by atoms with Gasteiger partial charge in [0.25, 0.3) is 10.0 Å². The summed E-state index contributed by atoms with van der Waals surface area (Å²) in [6.07, 6.45) is 1.92. The summed E-state index contributed by atoms with van der Waals surface area (Å²) in [6.45, 7) is 5.82. The van der Waals surface area contributed by atoms with Gasteiger partial charge in [0.1, 0.15) is 24.2 Å². The largest absolute Gasteiger partial charge is 0.494 e. The van der Waals surface area contributed by atoms with E-state index >= 15 is 0 Å². The topological polar surface area (TPSA) is 114 Å². The second kappa shape index (κ2) is 16.7. The molecule has 0 spiro atoms. The molecule has 244 valence electrons. The van der Waals surface area contributed by atoms with Crippen molar-refractivity contribution >= 4 is 27.5 Å². The van der Waals surface area contributed by atoms with E-state index in [2.05, 4.69) is 5.32 Å². The van der Waals surface area contributed by atoms with E-state index in [-0.39, 0.29) is 35.2 Å². The number of halogens is 1. The maximum absolute atomic E-state index is 14.2. The SMILES string of the molecule is CCCCNC(=O)[C@@H](CC)N(Cc1ccc(F)cc1)C(=O)CN(c1ccc(OCC)cc1)S(=O)(=O)c1ccc(OC)c(OC)c1. The summed E-state index contributed by atoms with van der Waals surface area (Å²) < 4.78 is 59.3. The molecule has 0 saturated heterocycles. The Kier molecular flexibility index (Phi) is 13.0. The average molecular weight is 644 g/mol. The zero-order chi connectivity index (χ0) is 33.0. The van der Waals surface area contributed by atoms with E-state index in [1.54, 1.807) is 31.2 Å². The summed E-state index contributed by atoms with van der Waals surface area (Å²) in [6, 6.07) is 15.2. The van der Waals surface area contributed by atoms with Gasteiger partial charge in [0.2, 0.25) is 11.8 Å². The molecule has 3 rings (SSSR count). The van der Waals surface area contributed by atoms with Crippen LogP contribution in [-0.2, 0) is 26.2 Å². The number of nitrogens with zero attached hydrogens (tertiary/aromatic N) is 2. The van der Waals surface area contributed by atoms with Crippen molar-refractivity contribution in [2.45, 2.75) is 57.5 Å². The van der Waals surface area contributed by atoms with Gasteiger partial charge in [-0.2, -0.15) is 0 Å². The third-order valence-electron chi connectivity index (χ3n) is 7.14. The second-order valence-corrected chi connectivity index (χ2v) is 12.0. The predicted molar refractivity (Wildman–Crippen MR) is 171 cm³/mol. The van der Waals surface area contributed by atoms with Crippen molar-refractivity contribution in [3.05, 3.63) is 78.1 Å². The van der Waals surface area contributed by atoms with E-state index in [4.69, 9.17) is 14.2 Å². The first kappa shape index (κ1) is 35.2. The third kappa shape index (κ3) is 9.10. The van der Waals surface area contributed by atoms with Crippen molar-refractivity contribution in [1.82, 2.24) is 10.2 Å². The van der Waals surface area contributed by atoms with Crippen LogP contribution in [0.1, 0.15) is 45.6 Å². The Bertz CT molecular complexity index is 1520. The van der Waals surface area contributed by atoms with Gasteiger partial charge in [-0.15, -0.1) is 0 Å². The number of carbonyl (C=O) groups is 2. The van der Waals surface area contributed by atoms with Crippen LogP contribution in [-0.4, -0.2) is 65.1 Å². The van der Waals surface area contributed by atoms with Crippen LogP contribution in [0.2, 0.25) is 0 Å². The van der Waals surface area contributed by atoms with Gasteiger partial charge < -0.3 is 24.4 Å². The highest BCUT2D eigenvalue weighted by Crippen LogP contribution is 2.33. The lowest BCUT2D eigenvalue weighted by atomic mass is 10.1. The predicted octanol–water partition coefficient (Wildman–Crippen LogP) is 5.16. The van der Waals surface area contributed by atoms with E-state index < -0.39 is 34.3 Å². The molecule has 45 heavy (non-hydrogen) atoms. The molecule has 0 fully saturated rings. The van der Waals surface area contributed by atoms with Crippen LogP contribution in [0, 0.1) is 5.82 Å². The fourth-order valence-electron chi connectivity index (χ4n) is 4.72. The first-order chi connectivity index (χ1) is 21.6. The Labute approximate surface area is 265 Å². The van der Waals surface area contributed by atoms with Crippen LogP contribution in [0.25, 0.3) is 0 Å². The molecule has 0 bridgehead atoms. The Morgan fingerprint density at radius 1 is 0.911 bits per heavy atom. The lowest BCUT2D eigenvalue weighted by Crippen LogP contribution is -2.52. The number of methoxy groups -OCH3 is 2. The van der Waals surface area contributed by atoms with E-state index in [1.165, 1.54) is 61.6 Å². The first-order valence-corrected chi connectivity index (χ1v) is 16.3. The molecular weight excluding hydrogens is 601 g/mol. The summed E-state index contributed by atoms with van der Waals surface area (Å²) >= 11 is 0. The van der Waals surface area contributed by atoms with Gasteiger partial charge in [-0.05, 0) is 73.9 Å². The normalized spacial score (nSPS) is 11.8. The molecule has 10 nitrogen and oxygen atoms in total. The smallest absolute Gasteiger partial charge is 0.264 e. The Hall–Kier alpha value is -4.32. The van der Waals surface area contributed by atoms with Crippen molar-refractivity contribution in [1.29, 1.82) is 0 Å². The summed E-state index contributed by atoms with van der Waals surface area (Å²) in [4.78, 5) is 28.7. The zero-order valence-electron chi connectivity index (χ0n) is 26.4. The van der Waals surface area contributed by atoms with Gasteiger partial charge in [0.15, 0.2) is 11.5 Å². The van der Waals surface area contributed by atoms with Gasteiger partial charge in [-0.1, -0.05) is 32.4 Å². The maximum atomic E-state index is 14.2. The fourth-order valence-corrected chi connectivity index (χ4v) is 6.15. The number of amides is 2. The molecule has 0 aromatic heterocycles. The molecular formula is C33H42FN3O7S. The number of unbranched alkanes of at least 4 members (excludes halogenated alkanes) is 1. The quantitative estimate of drug-likeness (QED) is 0.202. The Morgan fingerprint density at radius 3 is 2.16 bits per heavy atom. The van der Waals surface area contributed by atoms with Crippen LogP contribution in [0.5, 0.6) is 17.2 Å². The number of anilines is 1. The number of hydrogen-bond donors (Lipinski definition) is 1. The van der Waals surface area contributed by atoms with Crippen LogP contribution < -0.4 is 23.8 Å². The molecule has 0 aliphatic rings. The summed E-state index contributed by atoms with van der Waals surface area (Å²) in [5, 5.41) is 2.88. The fraction of sp³-hybridized carbons (Fsp3) is 0.394. The van der Waals surface area contributed by atoms with Crippen molar-refractivity contribution in [2.24, 2.45) is 0 Å². The van der Waals surface area contributed by atoms with E-state index in [1.807, 2.05) is 13.8 Å². The summed E-state index contributed by atoms with van der Waals surface area (Å²) in [5.41, 5.74) is 0.795. The van der Waals surface area contributed by atoms with Crippen LogP contribution in [0.15, 0.2) is 71.6 Å². The molecule has 0 saturated carbocycles. The molecule has 0 aliphatic carbocycles. The van der Waals surface area contributed by atoms with Crippen LogP contribution in [0.3, 0.4) is 0 Å². The van der Waals surface area contributed by atoms with Crippen molar-refractivity contribution in [2.75, 3.05) is 38.2 Å². The molecule has 0 radical (unpaired) electrons. The van der Waals surface area contributed by atoms with Crippen LogP contribution >= 0.6 is 0 Å². The number of ether oxygens (including phenoxy) is 3. The number of benzene rings is 3. The first-order valence-electron chi connectivity index (χ1n) is 14.9. The Morgan fingerprint density at radius 2 is 1.58 bits per heavy atom. The molecule has 1 atom stereocenters. The van der Waals surface area contributed by atoms with Gasteiger partial charge in [0, 0.05) is 19.2 Å². The molecule has 1 N–H and O–H groups in total. The van der Waals surface area contributed by atoms with E-state index in [9.17, 15) is 22.4 Å². The number of carbonyl (C=O) groups excluding carboxylic acids is 2. The standard InChI is InChI=1S/C33H42FN3O7S/c1-6-9-20-35-33(39)29(7-2)36(22-24-10-12-25(34)13-11-24)32(38)23-37(26-14-16-27(17-15-26)44-8-3)45(40,41)28-18-19-30(42-4)31(21-28)43-5/h10-19,21,29H,6-9,20,22-23H2,1-5H3,(H,35,39)/t29-/m1/s1. The Balaban J connectivity index is 2.08. The molecule has 0 unspecified atom stereocenters. The summed E-state index contributed by atoms with van der Waals surface area (Å²) in [5.74, 6) is -0.339. The van der Waals surface area contributed by atoms with E-state index in [0.717, 1.165) is 17.1 Å².